The van der Waals surface area contributed by atoms with Crippen LogP contribution in [0.4, 0.5) is 5.82 Å². The number of hydrogen-bond acceptors (Lipinski definition) is 5. The Hall–Kier alpha value is -2.88. The van der Waals surface area contributed by atoms with Gasteiger partial charge in [-0.3, -0.25) is 9.48 Å². The molecule has 4 rings (SSSR count). The van der Waals surface area contributed by atoms with Crippen molar-refractivity contribution in [2.24, 2.45) is 7.05 Å². The van der Waals surface area contributed by atoms with Crippen molar-refractivity contribution in [2.45, 2.75) is 38.1 Å². The topological polar surface area (TPSA) is 86.8 Å². The summed E-state index contributed by atoms with van der Waals surface area (Å²) < 4.78 is 1.63. The zero-order valence-corrected chi connectivity index (χ0v) is 14.9. The Balaban J connectivity index is 1.41. The van der Waals surface area contributed by atoms with Gasteiger partial charge < -0.3 is 10.2 Å². The molecule has 0 radical (unpaired) electrons. The van der Waals surface area contributed by atoms with Gasteiger partial charge in [-0.25, -0.2) is 4.98 Å². The minimum Gasteiger partial charge on any atom is -0.355 e. The number of anilines is 1. The molecular formula is C19H22N6O. The Morgan fingerprint density at radius 2 is 2.15 bits per heavy atom. The van der Waals surface area contributed by atoms with Gasteiger partial charge in [-0.05, 0) is 49.8 Å². The molecule has 0 atom stereocenters. The van der Waals surface area contributed by atoms with Gasteiger partial charge in [-0.1, -0.05) is 0 Å². The Labute approximate surface area is 152 Å². The van der Waals surface area contributed by atoms with Gasteiger partial charge in [-0.2, -0.15) is 10.4 Å². The maximum atomic E-state index is 12.3. The van der Waals surface area contributed by atoms with E-state index in [9.17, 15) is 10.1 Å². The Kier molecular flexibility index (Phi) is 4.33. The Morgan fingerprint density at radius 3 is 2.85 bits per heavy atom. The molecule has 1 aliphatic heterocycles. The van der Waals surface area contributed by atoms with Crippen LogP contribution < -0.4 is 10.2 Å². The van der Waals surface area contributed by atoms with Gasteiger partial charge in [-0.15, -0.1) is 0 Å². The zero-order chi connectivity index (χ0) is 18.1. The number of amides is 1. The van der Waals surface area contributed by atoms with Crippen LogP contribution in [-0.2, 0) is 19.9 Å². The minimum atomic E-state index is -0.127. The summed E-state index contributed by atoms with van der Waals surface area (Å²) in [4.78, 5) is 19.2. The molecule has 0 spiro atoms. The Morgan fingerprint density at radius 1 is 1.35 bits per heavy atom. The van der Waals surface area contributed by atoms with Crippen molar-refractivity contribution in [3.8, 4) is 6.07 Å². The summed E-state index contributed by atoms with van der Waals surface area (Å²) in [5, 5.41) is 16.7. The highest BCUT2D eigenvalue weighted by Gasteiger charge is 2.26. The number of aryl methyl sites for hydroxylation is 3. The van der Waals surface area contributed by atoms with E-state index in [1.807, 2.05) is 6.07 Å². The molecule has 1 saturated heterocycles. The fourth-order valence-electron chi connectivity index (χ4n) is 3.82. The van der Waals surface area contributed by atoms with Crippen LogP contribution in [0.25, 0.3) is 0 Å². The van der Waals surface area contributed by atoms with E-state index in [0.29, 0.717) is 11.3 Å². The maximum absolute atomic E-state index is 12.3. The number of nitriles is 1. The molecule has 26 heavy (non-hydrogen) atoms. The molecular weight excluding hydrogens is 328 g/mol. The molecule has 0 unspecified atom stereocenters. The fraction of sp³-hybridized carbons (Fsp3) is 0.474. The lowest BCUT2D eigenvalue weighted by Crippen LogP contribution is -2.45. The van der Waals surface area contributed by atoms with Crippen LogP contribution in [0.15, 0.2) is 18.3 Å². The third-order valence-corrected chi connectivity index (χ3v) is 5.23. The Bertz CT molecular complexity index is 873. The van der Waals surface area contributed by atoms with E-state index in [1.165, 1.54) is 5.56 Å². The third-order valence-electron chi connectivity index (χ3n) is 5.23. The molecule has 0 bridgehead atoms. The lowest BCUT2D eigenvalue weighted by Gasteiger charge is -2.33. The highest BCUT2D eigenvalue weighted by atomic mass is 16.2. The summed E-state index contributed by atoms with van der Waals surface area (Å²) >= 11 is 0. The van der Waals surface area contributed by atoms with Crippen LogP contribution in [-0.4, -0.2) is 39.8 Å². The van der Waals surface area contributed by atoms with Crippen LogP contribution in [0.5, 0.6) is 0 Å². The van der Waals surface area contributed by atoms with E-state index in [1.54, 1.807) is 24.0 Å². The largest absolute Gasteiger partial charge is 0.355 e. The second kappa shape index (κ2) is 6.79. The second-order valence-electron chi connectivity index (χ2n) is 7.04. The highest BCUT2D eigenvalue weighted by Crippen LogP contribution is 2.28. The number of nitrogens with one attached hydrogen (secondary N) is 1. The summed E-state index contributed by atoms with van der Waals surface area (Å²) in [6.07, 6.45) is 6.59. The first-order valence-electron chi connectivity index (χ1n) is 9.12. The number of fused-ring (bicyclic) bond motifs is 1. The van der Waals surface area contributed by atoms with E-state index in [0.717, 1.165) is 56.7 Å². The van der Waals surface area contributed by atoms with E-state index < -0.39 is 0 Å². The number of nitrogens with zero attached hydrogens (tertiary/aromatic N) is 5. The first-order chi connectivity index (χ1) is 12.6. The number of carbonyl (C=O) groups excluding carboxylic acids is 1. The van der Waals surface area contributed by atoms with Gasteiger partial charge in [0, 0.05) is 38.1 Å². The predicted molar refractivity (Wildman–Crippen MR) is 96.9 cm³/mol. The summed E-state index contributed by atoms with van der Waals surface area (Å²) in [6.45, 7) is 1.57. The van der Waals surface area contributed by atoms with Gasteiger partial charge >= 0.3 is 0 Å². The smallest absolute Gasteiger partial charge is 0.271 e. The van der Waals surface area contributed by atoms with Crippen LogP contribution >= 0.6 is 0 Å². The number of carbonyl (C=O) groups is 1. The van der Waals surface area contributed by atoms with E-state index in [-0.39, 0.29) is 11.9 Å². The molecule has 2 aromatic heterocycles. The molecule has 0 aromatic carbocycles. The first-order valence-corrected chi connectivity index (χ1v) is 9.12. The summed E-state index contributed by atoms with van der Waals surface area (Å²) in [6, 6.07) is 6.16. The quantitative estimate of drug-likeness (QED) is 0.908. The summed E-state index contributed by atoms with van der Waals surface area (Å²) in [7, 11) is 1.80. The van der Waals surface area contributed by atoms with E-state index in [2.05, 4.69) is 21.4 Å². The van der Waals surface area contributed by atoms with Crippen molar-refractivity contribution in [1.82, 2.24) is 20.1 Å². The summed E-state index contributed by atoms with van der Waals surface area (Å²) in [5.74, 6) is 0.681. The van der Waals surface area contributed by atoms with Crippen LogP contribution in [0.2, 0.25) is 0 Å². The third kappa shape index (κ3) is 3.15. The minimum absolute atomic E-state index is 0.126. The van der Waals surface area contributed by atoms with Crippen molar-refractivity contribution in [3.63, 3.8) is 0 Å². The number of aromatic nitrogens is 3. The molecule has 7 heteroatoms. The summed E-state index contributed by atoms with van der Waals surface area (Å²) in [5.41, 5.74) is 3.48. The van der Waals surface area contributed by atoms with E-state index >= 15 is 0 Å². The molecule has 1 fully saturated rings. The molecule has 1 amide bonds. The fourth-order valence-corrected chi connectivity index (χ4v) is 3.82. The standard InChI is InChI=1S/C19H22N6O/c1-24-8-7-17(23-24)19(26)21-15-5-9-25(10-6-15)18-14(12-20)11-13-3-2-4-16(13)22-18/h7-8,11,15H,2-6,9-10H2,1H3,(H,21,26). The highest BCUT2D eigenvalue weighted by molar-refractivity contribution is 5.92. The average Bonchev–Trinajstić information content (AvgIpc) is 3.29. The van der Waals surface area contributed by atoms with Crippen molar-refractivity contribution >= 4 is 11.7 Å². The van der Waals surface area contributed by atoms with Crippen molar-refractivity contribution in [1.29, 1.82) is 5.26 Å². The number of hydrogen-bond donors (Lipinski definition) is 1. The van der Waals surface area contributed by atoms with Crippen LogP contribution in [0.1, 0.15) is 46.6 Å². The zero-order valence-electron chi connectivity index (χ0n) is 14.9. The SMILES string of the molecule is Cn1ccc(C(=O)NC2CCN(c3nc4c(cc3C#N)CCC4)CC2)n1. The van der Waals surface area contributed by atoms with Gasteiger partial charge in [0.1, 0.15) is 17.6 Å². The molecule has 134 valence electrons. The van der Waals surface area contributed by atoms with Gasteiger partial charge in [0.15, 0.2) is 0 Å². The molecule has 1 aliphatic carbocycles. The molecule has 1 N–H and O–H groups in total. The number of pyridine rings is 1. The maximum Gasteiger partial charge on any atom is 0.271 e. The molecule has 2 aliphatic rings. The van der Waals surface area contributed by atoms with Crippen molar-refractivity contribution in [3.05, 3.63) is 40.8 Å². The second-order valence-corrected chi connectivity index (χ2v) is 7.04. The van der Waals surface area contributed by atoms with Crippen LogP contribution in [0.3, 0.4) is 0 Å². The monoisotopic (exact) mass is 350 g/mol. The lowest BCUT2D eigenvalue weighted by atomic mass is 10.0. The predicted octanol–water partition coefficient (Wildman–Crippen LogP) is 1.57. The normalized spacial score (nSPS) is 17.0. The average molecular weight is 350 g/mol. The van der Waals surface area contributed by atoms with Crippen molar-refractivity contribution < 1.29 is 4.79 Å². The molecule has 0 saturated carbocycles. The van der Waals surface area contributed by atoms with Crippen molar-refractivity contribution in [2.75, 3.05) is 18.0 Å². The lowest BCUT2D eigenvalue weighted by molar-refractivity contribution is 0.0925. The first kappa shape index (κ1) is 16.6. The van der Waals surface area contributed by atoms with Gasteiger partial charge in [0.2, 0.25) is 0 Å². The van der Waals surface area contributed by atoms with Gasteiger partial charge in [0.05, 0.1) is 5.56 Å². The van der Waals surface area contributed by atoms with E-state index in [4.69, 9.17) is 4.98 Å². The van der Waals surface area contributed by atoms with Gasteiger partial charge in [0.25, 0.3) is 5.91 Å². The molecule has 3 heterocycles. The number of piperidine rings is 1. The number of rotatable bonds is 3. The molecule has 2 aromatic rings. The van der Waals surface area contributed by atoms with Crippen LogP contribution in [0, 0.1) is 11.3 Å². The molecule has 7 nitrogen and oxygen atoms in total.